The van der Waals surface area contributed by atoms with Gasteiger partial charge in [0.1, 0.15) is 6.10 Å². The van der Waals surface area contributed by atoms with E-state index in [1.54, 1.807) is 0 Å². The summed E-state index contributed by atoms with van der Waals surface area (Å²) < 4.78 is 10.7. The van der Waals surface area contributed by atoms with E-state index in [9.17, 15) is 14.4 Å². The van der Waals surface area contributed by atoms with Crippen LogP contribution in [0, 0.1) is 17.8 Å². The van der Waals surface area contributed by atoms with Crippen molar-refractivity contribution in [1.82, 2.24) is 0 Å². The highest BCUT2D eigenvalue weighted by Gasteiger charge is 2.54. The Hall–Kier alpha value is -1.23. The molecule has 110 valence electrons. The van der Waals surface area contributed by atoms with Crippen molar-refractivity contribution in [2.75, 3.05) is 0 Å². The van der Waals surface area contributed by atoms with Crippen molar-refractivity contribution in [2.24, 2.45) is 17.8 Å². The van der Waals surface area contributed by atoms with Crippen LogP contribution in [0.3, 0.4) is 0 Å². The van der Waals surface area contributed by atoms with Crippen molar-refractivity contribution < 1.29 is 23.9 Å². The molecule has 0 aromatic carbocycles. The number of hydrogen-bond donors (Lipinski definition) is 0. The molecule has 5 nitrogen and oxygen atoms in total. The van der Waals surface area contributed by atoms with Crippen LogP contribution in [-0.2, 0) is 23.9 Å². The lowest BCUT2D eigenvalue weighted by Crippen LogP contribution is -2.46. The number of esters is 1. The maximum Gasteiger partial charge on any atom is 0.324 e. The third kappa shape index (κ3) is 2.18. The van der Waals surface area contributed by atoms with Crippen molar-refractivity contribution in [3.8, 4) is 0 Å². The molecule has 1 saturated carbocycles. The molecule has 0 radical (unpaired) electrons. The molecule has 3 aliphatic rings. The predicted molar refractivity (Wildman–Crippen MR) is 68.8 cm³/mol. The Morgan fingerprint density at radius 3 is 2.70 bits per heavy atom. The number of carbonyl (C=O) groups is 3. The predicted octanol–water partition coefficient (Wildman–Crippen LogP) is 1.28. The van der Waals surface area contributed by atoms with Gasteiger partial charge < -0.3 is 9.47 Å². The van der Waals surface area contributed by atoms with E-state index in [1.807, 2.05) is 13.8 Å². The number of carbonyl (C=O) groups excluding carboxylic acids is 3. The molecule has 0 spiro atoms. The van der Waals surface area contributed by atoms with Crippen molar-refractivity contribution in [3.05, 3.63) is 0 Å². The fourth-order valence-corrected chi connectivity index (χ4v) is 3.55. The monoisotopic (exact) mass is 280 g/mol. The summed E-state index contributed by atoms with van der Waals surface area (Å²) in [5, 5.41) is 0. The molecule has 20 heavy (non-hydrogen) atoms. The SMILES string of the molecule is CCC1CC(=O)C(C(=O)C2CCC3OC3C2C)C(=O)O1. The summed E-state index contributed by atoms with van der Waals surface area (Å²) in [5.41, 5.74) is 0. The number of ether oxygens (including phenoxy) is 2. The van der Waals surface area contributed by atoms with E-state index in [4.69, 9.17) is 9.47 Å². The molecular weight excluding hydrogens is 260 g/mol. The first-order valence-electron chi connectivity index (χ1n) is 7.45. The van der Waals surface area contributed by atoms with Gasteiger partial charge in [-0.05, 0) is 25.2 Å². The number of fused-ring (bicyclic) bond motifs is 1. The number of ketones is 2. The average molecular weight is 280 g/mol. The molecule has 2 aliphatic heterocycles. The molecule has 0 amide bonds. The van der Waals surface area contributed by atoms with Crippen LogP contribution >= 0.6 is 0 Å². The minimum absolute atomic E-state index is 0.0887. The fraction of sp³-hybridized carbons (Fsp3) is 0.800. The minimum atomic E-state index is -1.19. The maximum atomic E-state index is 12.6. The zero-order valence-electron chi connectivity index (χ0n) is 11.8. The second-order valence-electron chi connectivity index (χ2n) is 6.16. The van der Waals surface area contributed by atoms with Gasteiger partial charge in [0.25, 0.3) is 0 Å². The van der Waals surface area contributed by atoms with Crippen molar-refractivity contribution in [1.29, 1.82) is 0 Å². The van der Waals surface area contributed by atoms with Crippen LogP contribution in [0.2, 0.25) is 0 Å². The lowest BCUT2D eigenvalue weighted by molar-refractivity contribution is -0.168. The van der Waals surface area contributed by atoms with Gasteiger partial charge in [0.05, 0.1) is 12.2 Å². The summed E-state index contributed by atoms with van der Waals surface area (Å²) in [7, 11) is 0. The van der Waals surface area contributed by atoms with Crippen molar-refractivity contribution >= 4 is 17.5 Å². The van der Waals surface area contributed by atoms with E-state index in [2.05, 4.69) is 0 Å². The Morgan fingerprint density at radius 2 is 2.05 bits per heavy atom. The van der Waals surface area contributed by atoms with E-state index >= 15 is 0 Å². The van der Waals surface area contributed by atoms with Gasteiger partial charge in [-0.2, -0.15) is 0 Å². The first kappa shape index (κ1) is 13.7. The van der Waals surface area contributed by atoms with Gasteiger partial charge in [0.2, 0.25) is 0 Å². The minimum Gasteiger partial charge on any atom is -0.461 e. The molecule has 6 unspecified atom stereocenters. The summed E-state index contributed by atoms with van der Waals surface area (Å²) in [6, 6.07) is 0. The summed E-state index contributed by atoms with van der Waals surface area (Å²) in [6.45, 7) is 3.83. The van der Waals surface area contributed by atoms with Crippen LogP contribution in [0.5, 0.6) is 0 Å². The number of hydrogen-bond acceptors (Lipinski definition) is 5. The highest BCUT2D eigenvalue weighted by molar-refractivity contribution is 6.19. The Bertz CT molecular complexity index is 439. The molecule has 6 atom stereocenters. The third-order valence-corrected chi connectivity index (χ3v) is 4.91. The standard InChI is InChI=1S/C15H20O5/c1-3-8-6-10(16)12(15(18)19-8)13(17)9-4-5-11-14(20-11)7(9)2/h7-9,11-12,14H,3-6H2,1-2H3. The summed E-state index contributed by atoms with van der Waals surface area (Å²) in [6.07, 6.45) is 2.38. The average Bonchev–Trinajstić information content (AvgIpc) is 3.18. The van der Waals surface area contributed by atoms with E-state index in [1.165, 1.54) is 0 Å². The molecular formula is C15H20O5. The van der Waals surface area contributed by atoms with Gasteiger partial charge in [-0.25, -0.2) is 0 Å². The molecule has 0 N–H and O–H groups in total. The van der Waals surface area contributed by atoms with Gasteiger partial charge in [-0.15, -0.1) is 0 Å². The Balaban J connectivity index is 1.73. The van der Waals surface area contributed by atoms with Crippen molar-refractivity contribution in [2.45, 2.75) is 57.8 Å². The molecule has 3 rings (SSSR count). The fourth-order valence-electron chi connectivity index (χ4n) is 3.55. The Kier molecular flexibility index (Phi) is 3.40. The largest absolute Gasteiger partial charge is 0.461 e. The quantitative estimate of drug-likeness (QED) is 0.442. The summed E-state index contributed by atoms with van der Waals surface area (Å²) in [4.78, 5) is 36.6. The van der Waals surface area contributed by atoms with E-state index < -0.39 is 11.9 Å². The summed E-state index contributed by atoms with van der Waals surface area (Å²) >= 11 is 0. The maximum absolute atomic E-state index is 12.6. The Labute approximate surface area is 118 Å². The normalized spacial score (nSPS) is 43.7. The molecule has 3 fully saturated rings. The van der Waals surface area contributed by atoms with Crippen LogP contribution in [0.1, 0.15) is 39.5 Å². The highest BCUT2D eigenvalue weighted by Crippen LogP contribution is 2.45. The van der Waals surface area contributed by atoms with Crippen LogP contribution in [0.15, 0.2) is 0 Å². The molecule has 5 heteroatoms. The number of epoxide rings is 1. The van der Waals surface area contributed by atoms with Crippen LogP contribution in [0.25, 0.3) is 0 Å². The smallest absolute Gasteiger partial charge is 0.324 e. The Morgan fingerprint density at radius 1 is 1.30 bits per heavy atom. The third-order valence-electron chi connectivity index (χ3n) is 4.91. The van der Waals surface area contributed by atoms with E-state index in [-0.39, 0.29) is 48.1 Å². The molecule has 1 aliphatic carbocycles. The number of Topliss-reactive ketones (excluding diaryl/α,β-unsaturated/α-hetero) is 2. The van der Waals surface area contributed by atoms with Gasteiger partial charge in [-0.1, -0.05) is 13.8 Å². The highest BCUT2D eigenvalue weighted by atomic mass is 16.6. The van der Waals surface area contributed by atoms with Gasteiger partial charge in [0.15, 0.2) is 17.5 Å². The second kappa shape index (κ2) is 4.95. The second-order valence-corrected chi connectivity index (χ2v) is 6.16. The zero-order chi connectivity index (χ0) is 14.4. The van der Waals surface area contributed by atoms with E-state index in [0.717, 1.165) is 6.42 Å². The van der Waals surface area contributed by atoms with Gasteiger partial charge in [-0.3, -0.25) is 14.4 Å². The molecule has 0 bridgehead atoms. The summed E-state index contributed by atoms with van der Waals surface area (Å²) in [5.74, 6) is -2.53. The van der Waals surface area contributed by atoms with Crippen LogP contribution in [-0.4, -0.2) is 35.8 Å². The molecule has 0 aromatic rings. The topological polar surface area (TPSA) is 73.0 Å². The van der Waals surface area contributed by atoms with Gasteiger partial charge in [0, 0.05) is 12.3 Å². The lowest BCUT2D eigenvalue weighted by Gasteiger charge is -2.31. The number of cyclic esters (lactones) is 1. The van der Waals surface area contributed by atoms with Crippen LogP contribution in [0.4, 0.5) is 0 Å². The lowest BCUT2D eigenvalue weighted by atomic mass is 9.73. The first-order valence-corrected chi connectivity index (χ1v) is 7.45. The molecule has 2 heterocycles. The number of rotatable bonds is 3. The first-order chi connectivity index (χ1) is 9.52. The van der Waals surface area contributed by atoms with Crippen molar-refractivity contribution in [3.63, 3.8) is 0 Å². The van der Waals surface area contributed by atoms with E-state index in [0.29, 0.717) is 12.8 Å². The zero-order valence-corrected chi connectivity index (χ0v) is 11.8. The van der Waals surface area contributed by atoms with Crippen LogP contribution < -0.4 is 0 Å². The molecule has 0 aromatic heterocycles. The van der Waals surface area contributed by atoms with Gasteiger partial charge >= 0.3 is 5.97 Å². The molecule has 2 saturated heterocycles.